The Balaban J connectivity index is 2.70. The van der Waals surface area contributed by atoms with Crippen molar-refractivity contribution in [2.75, 3.05) is 39.3 Å². The van der Waals surface area contributed by atoms with Crippen molar-refractivity contribution in [3.63, 3.8) is 0 Å². The molecule has 1 rings (SSSR count). The molecule has 0 saturated carbocycles. The van der Waals surface area contributed by atoms with Gasteiger partial charge in [-0.05, 0) is 32.1 Å². The molecule has 0 aliphatic heterocycles. The third-order valence-electron chi connectivity index (χ3n) is 3.69. The molecule has 0 N–H and O–H groups in total. The van der Waals surface area contributed by atoms with Crippen molar-refractivity contribution in [2.24, 2.45) is 0 Å². The van der Waals surface area contributed by atoms with Gasteiger partial charge in [0.05, 0.1) is 13.0 Å². The third kappa shape index (κ3) is 6.78. The number of hydrogen-bond donors (Lipinski definition) is 0. The van der Waals surface area contributed by atoms with Crippen molar-refractivity contribution in [1.82, 2.24) is 14.8 Å². The monoisotopic (exact) mass is 321 g/mol. The molecule has 1 heterocycles. The molecule has 0 fully saturated rings. The Kier molecular flexibility index (Phi) is 8.90. The molecule has 0 bridgehead atoms. The molecule has 0 radical (unpaired) electrons. The number of nitrogens with zero attached hydrogens (tertiary/aromatic N) is 3. The zero-order chi connectivity index (χ0) is 17.1. The summed E-state index contributed by atoms with van der Waals surface area (Å²) >= 11 is 0. The minimum absolute atomic E-state index is 0.0798. The van der Waals surface area contributed by atoms with Gasteiger partial charge in [-0.1, -0.05) is 13.8 Å². The van der Waals surface area contributed by atoms with Crippen molar-refractivity contribution in [1.29, 1.82) is 0 Å². The maximum atomic E-state index is 12.6. The first-order valence-electron chi connectivity index (χ1n) is 8.19. The van der Waals surface area contributed by atoms with E-state index in [2.05, 4.69) is 23.7 Å². The first kappa shape index (κ1) is 19.1. The second-order valence-corrected chi connectivity index (χ2v) is 5.11. The number of ether oxygens (including phenoxy) is 1. The molecule has 1 aromatic rings. The highest BCUT2D eigenvalue weighted by atomic mass is 16.5. The van der Waals surface area contributed by atoms with Crippen molar-refractivity contribution >= 4 is 11.9 Å². The number of carbonyl (C=O) groups is 2. The topological polar surface area (TPSA) is 62.7 Å². The minimum Gasteiger partial charge on any atom is -0.466 e. The summed E-state index contributed by atoms with van der Waals surface area (Å²) in [6.07, 6.45) is 3.41. The van der Waals surface area contributed by atoms with Gasteiger partial charge in [-0.25, -0.2) is 0 Å². The van der Waals surface area contributed by atoms with Gasteiger partial charge in [-0.3, -0.25) is 14.6 Å². The fourth-order valence-corrected chi connectivity index (χ4v) is 2.25. The van der Waals surface area contributed by atoms with Crippen LogP contribution in [0.25, 0.3) is 0 Å². The van der Waals surface area contributed by atoms with Gasteiger partial charge in [0, 0.05) is 37.6 Å². The Morgan fingerprint density at radius 3 is 2.26 bits per heavy atom. The summed E-state index contributed by atoms with van der Waals surface area (Å²) in [6.45, 7) is 9.93. The molecular formula is C17H27N3O3. The van der Waals surface area contributed by atoms with Crippen LogP contribution >= 0.6 is 0 Å². The molecule has 0 aromatic carbocycles. The SMILES string of the molecule is CCOC(=O)CCN(CCN(CC)CC)C(=O)c1ccncc1. The van der Waals surface area contributed by atoms with Gasteiger partial charge in [0.1, 0.15) is 0 Å². The van der Waals surface area contributed by atoms with E-state index in [0.29, 0.717) is 25.3 Å². The van der Waals surface area contributed by atoms with E-state index in [-0.39, 0.29) is 18.3 Å². The van der Waals surface area contributed by atoms with Crippen LogP contribution in [0.3, 0.4) is 0 Å². The molecule has 0 aliphatic carbocycles. The van der Waals surface area contributed by atoms with Crippen LogP contribution in [-0.4, -0.2) is 66.0 Å². The van der Waals surface area contributed by atoms with Gasteiger partial charge in [0.25, 0.3) is 5.91 Å². The smallest absolute Gasteiger partial charge is 0.307 e. The molecule has 0 spiro atoms. The van der Waals surface area contributed by atoms with E-state index in [1.54, 1.807) is 36.4 Å². The number of aromatic nitrogens is 1. The number of likely N-dealkylation sites (N-methyl/N-ethyl adjacent to an activating group) is 1. The molecule has 6 heteroatoms. The zero-order valence-electron chi connectivity index (χ0n) is 14.3. The van der Waals surface area contributed by atoms with E-state index in [1.165, 1.54) is 0 Å². The summed E-state index contributed by atoms with van der Waals surface area (Å²) in [4.78, 5) is 32.1. The van der Waals surface area contributed by atoms with Gasteiger partial charge < -0.3 is 14.5 Å². The Morgan fingerprint density at radius 1 is 1.04 bits per heavy atom. The van der Waals surface area contributed by atoms with Crippen LogP contribution < -0.4 is 0 Å². The van der Waals surface area contributed by atoms with Gasteiger partial charge >= 0.3 is 5.97 Å². The Morgan fingerprint density at radius 2 is 1.70 bits per heavy atom. The largest absolute Gasteiger partial charge is 0.466 e. The number of amides is 1. The summed E-state index contributed by atoms with van der Waals surface area (Å²) in [5.41, 5.74) is 0.586. The highest BCUT2D eigenvalue weighted by molar-refractivity contribution is 5.94. The molecule has 6 nitrogen and oxygen atoms in total. The molecule has 0 atom stereocenters. The summed E-state index contributed by atoms with van der Waals surface area (Å²) in [5.74, 6) is -0.355. The van der Waals surface area contributed by atoms with E-state index < -0.39 is 0 Å². The van der Waals surface area contributed by atoms with E-state index in [0.717, 1.165) is 19.6 Å². The average Bonchev–Trinajstić information content (AvgIpc) is 2.58. The van der Waals surface area contributed by atoms with Crippen LogP contribution in [0.4, 0.5) is 0 Å². The van der Waals surface area contributed by atoms with Crippen LogP contribution in [-0.2, 0) is 9.53 Å². The summed E-state index contributed by atoms with van der Waals surface area (Å²) in [5, 5.41) is 0. The predicted molar refractivity (Wildman–Crippen MR) is 89.2 cm³/mol. The maximum absolute atomic E-state index is 12.6. The number of esters is 1. The first-order valence-corrected chi connectivity index (χ1v) is 8.19. The van der Waals surface area contributed by atoms with Crippen LogP contribution in [0.1, 0.15) is 37.6 Å². The third-order valence-corrected chi connectivity index (χ3v) is 3.69. The number of pyridine rings is 1. The molecule has 1 amide bonds. The Labute approximate surface area is 138 Å². The van der Waals surface area contributed by atoms with Crippen molar-refractivity contribution < 1.29 is 14.3 Å². The van der Waals surface area contributed by atoms with Crippen LogP contribution in [0.2, 0.25) is 0 Å². The Bertz CT molecular complexity index is 475. The highest BCUT2D eigenvalue weighted by Gasteiger charge is 2.17. The second kappa shape index (κ2) is 10.7. The van der Waals surface area contributed by atoms with Crippen LogP contribution in [0.15, 0.2) is 24.5 Å². The van der Waals surface area contributed by atoms with Gasteiger partial charge in [0.2, 0.25) is 0 Å². The molecule has 0 unspecified atom stereocenters. The standard InChI is InChI=1S/C17H27N3O3/c1-4-19(5-2)13-14-20(12-9-16(21)23-6-3)17(22)15-7-10-18-11-8-15/h7-8,10-11H,4-6,9,12-14H2,1-3H3. The average molecular weight is 321 g/mol. The fraction of sp³-hybridized carbons (Fsp3) is 0.588. The van der Waals surface area contributed by atoms with E-state index >= 15 is 0 Å². The summed E-state index contributed by atoms with van der Waals surface area (Å²) in [7, 11) is 0. The minimum atomic E-state index is -0.275. The molecule has 0 aliphatic rings. The van der Waals surface area contributed by atoms with Gasteiger partial charge in [-0.2, -0.15) is 0 Å². The molecule has 1 aromatic heterocycles. The number of hydrogen-bond acceptors (Lipinski definition) is 5. The van der Waals surface area contributed by atoms with Crippen LogP contribution in [0.5, 0.6) is 0 Å². The lowest BCUT2D eigenvalue weighted by atomic mass is 10.2. The van der Waals surface area contributed by atoms with Gasteiger partial charge in [0.15, 0.2) is 0 Å². The normalized spacial score (nSPS) is 10.6. The van der Waals surface area contributed by atoms with E-state index in [4.69, 9.17) is 4.74 Å². The van der Waals surface area contributed by atoms with E-state index in [1.807, 2.05) is 0 Å². The zero-order valence-corrected chi connectivity index (χ0v) is 14.3. The molecule has 128 valence electrons. The summed E-state index contributed by atoms with van der Waals surface area (Å²) in [6, 6.07) is 3.38. The lowest BCUT2D eigenvalue weighted by Crippen LogP contribution is -2.40. The lowest BCUT2D eigenvalue weighted by Gasteiger charge is -2.26. The maximum Gasteiger partial charge on any atom is 0.307 e. The number of carbonyl (C=O) groups excluding carboxylic acids is 2. The van der Waals surface area contributed by atoms with Gasteiger partial charge in [-0.15, -0.1) is 0 Å². The fourth-order valence-electron chi connectivity index (χ4n) is 2.25. The van der Waals surface area contributed by atoms with Crippen molar-refractivity contribution in [3.05, 3.63) is 30.1 Å². The number of rotatable bonds is 10. The first-order chi connectivity index (χ1) is 11.1. The van der Waals surface area contributed by atoms with Crippen molar-refractivity contribution in [2.45, 2.75) is 27.2 Å². The predicted octanol–water partition coefficient (Wildman–Crippen LogP) is 1.82. The molecule has 0 saturated heterocycles. The summed E-state index contributed by atoms with van der Waals surface area (Å²) < 4.78 is 4.95. The highest BCUT2D eigenvalue weighted by Crippen LogP contribution is 2.06. The lowest BCUT2D eigenvalue weighted by molar-refractivity contribution is -0.143. The van der Waals surface area contributed by atoms with E-state index in [9.17, 15) is 9.59 Å². The van der Waals surface area contributed by atoms with Crippen molar-refractivity contribution in [3.8, 4) is 0 Å². The quantitative estimate of drug-likeness (QED) is 0.615. The Hall–Kier alpha value is -1.95. The molecular weight excluding hydrogens is 294 g/mol. The second-order valence-electron chi connectivity index (χ2n) is 5.11. The van der Waals surface area contributed by atoms with Crippen LogP contribution in [0, 0.1) is 0 Å². The molecule has 23 heavy (non-hydrogen) atoms.